The molecule has 1 N–H and O–H groups in total. The van der Waals surface area contributed by atoms with E-state index in [0.29, 0.717) is 6.04 Å². The van der Waals surface area contributed by atoms with Gasteiger partial charge in [-0.05, 0) is 31.0 Å². The fraction of sp³-hybridized carbons (Fsp3) is 0.300. The molecule has 2 aromatic heterocycles. The Balaban J connectivity index is 1.36. The van der Waals surface area contributed by atoms with Crippen molar-refractivity contribution in [3.63, 3.8) is 0 Å². The van der Waals surface area contributed by atoms with Crippen LogP contribution < -0.4 is 10.2 Å². The van der Waals surface area contributed by atoms with Crippen LogP contribution in [0.25, 0.3) is 11.4 Å². The molecule has 132 valence electrons. The van der Waals surface area contributed by atoms with Crippen LogP contribution in [-0.2, 0) is 6.54 Å². The normalized spacial score (nSPS) is 16.8. The van der Waals surface area contributed by atoms with E-state index in [2.05, 4.69) is 30.4 Å². The van der Waals surface area contributed by atoms with Crippen LogP contribution in [0, 0.1) is 0 Å². The van der Waals surface area contributed by atoms with Gasteiger partial charge in [0, 0.05) is 43.6 Å². The van der Waals surface area contributed by atoms with Crippen LogP contribution in [0.4, 0.5) is 5.82 Å². The van der Waals surface area contributed by atoms with Gasteiger partial charge >= 0.3 is 0 Å². The van der Waals surface area contributed by atoms with E-state index in [1.165, 1.54) is 12.8 Å². The lowest BCUT2D eigenvalue weighted by Crippen LogP contribution is -2.38. The molecule has 1 fully saturated rings. The van der Waals surface area contributed by atoms with Gasteiger partial charge in [-0.1, -0.05) is 30.3 Å². The first-order chi connectivity index (χ1) is 12.9. The van der Waals surface area contributed by atoms with E-state index >= 15 is 0 Å². The number of aromatic nitrogens is 4. The van der Waals surface area contributed by atoms with Gasteiger partial charge in [-0.3, -0.25) is 0 Å². The second-order valence-corrected chi connectivity index (χ2v) is 6.44. The Bertz CT molecular complexity index is 824. The van der Waals surface area contributed by atoms with Gasteiger partial charge < -0.3 is 10.2 Å². The predicted molar refractivity (Wildman–Crippen MR) is 102 cm³/mol. The molecule has 6 heteroatoms. The number of hydrogen-bond donors (Lipinski definition) is 1. The average molecular weight is 346 g/mol. The third-order valence-electron chi connectivity index (χ3n) is 4.66. The van der Waals surface area contributed by atoms with Crippen LogP contribution in [0.15, 0.2) is 60.9 Å². The molecule has 1 atom stereocenters. The lowest BCUT2D eigenvalue weighted by atomic mass is 10.2. The van der Waals surface area contributed by atoms with Gasteiger partial charge in [0.05, 0.1) is 5.69 Å². The summed E-state index contributed by atoms with van der Waals surface area (Å²) in [6, 6.07) is 16.5. The van der Waals surface area contributed by atoms with Crippen LogP contribution in [0.2, 0.25) is 0 Å². The number of benzene rings is 1. The van der Waals surface area contributed by atoms with E-state index in [9.17, 15) is 0 Å². The van der Waals surface area contributed by atoms with E-state index < -0.39 is 0 Å². The summed E-state index contributed by atoms with van der Waals surface area (Å²) in [6.07, 6.45) is 5.90. The Hall–Kier alpha value is -2.86. The molecule has 0 amide bonds. The summed E-state index contributed by atoms with van der Waals surface area (Å²) in [6.45, 7) is 2.67. The van der Waals surface area contributed by atoms with E-state index in [1.807, 2.05) is 54.7 Å². The number of rotatable bonds is 6. The minimum Gasteiger partial charge on any atom is -0.351 e. The fourth-order valence-corrected chi connectivity index (χ4v) is 3.38. The molecule has 0 radical (unpaired) electrons. The molecule has 0 saturated carbocycles. The molecule has 0 aliphatic carbocycles. The van der Waals surface area contributed by atoms with Crippen molar-refractivity contribution >= 4 is 5.82 Å². The molecule has 1 aromatic carbocycles. The molecule has 3 aromatic rings. The monoisotopic (exact) mass is 346 g/mol. The second-order valence-electron chi connectivity index (χ2n) is 6.44. The second kappa shape index (κ2) is 8.01. The van der Waals surface area contributed by atoms with Crippen molar-refractivity contribution in [3.05, 3.63) is 66.6 Å². The summed E-state index contributed by atoms with van der Waals surface area (Å²) in [5.41, 5.74) is 2.04. The van der Waals surface area contributed by atoms with Gasteiger partial charge in [-0.15, -0.1) is 5.10 Å². The molecule has 1 aliphatic rings. The van der Waals surface area contributed by atoms with E-state index in [1.54, 1.807) is 6.20 Å². The maximum absolute atomic E-state index is 4.67. The number of nitrogens with zero attached hydrogens (tertiary/aromatic N) is 5. The summed E-state index contributed by atoms with van der Waals surface area (Å²) in [4.78, 5) is 11.4. The molecular weight excluding hydrogens is 324 g/mol. The van der Waals surface area contributed by atoms with E-state index in [-0.39, 0.29) is 0 Å². The first-order valence-electron chi connectivity index (χ1n) is 9.02. The van der Waals surface area contributed by atoms with Crippen LogP contribution in [-0.4, -0.2) is 39.3 Å². The molecule has 26 heavy (non-hydrogen) atoms. The molecule has 1 saturated heterocycles. The van der Waals surface area contributed by atoms with Crippen LogP contribution in [0.5, 0.6) is 0 Å². The van der Waals surface area contributed by atoms with Crippen LogP contribution in [0.1, 0.15) is 18.5 Å². The average Bonchev–Trinajstić information content (AvgIpc) is 3.18. The van der Waals surface area contributed by atoms with Crippen LogP contribution in [0.3, 0.4) is 0 Å². The number of hydrogen-bond acceptors (Lipinski definition) is 6. The van der Waals surface area contributed by atoms with Gasteiger partial charge in [0.2, 0.25) is 0 Å². The molecule has 1 aliphatic heterocycles. The Kier molecular flexibility index (Phi) is 5.12. The van der Waals surface area contributed by atoms with Gasteiger partial charge in [-0.2, -0.15) is 5.10 Å². The maximum atomic E-state index is 4.67. The Morgan fingerprint density at radius 3 is 2.81 bits per heavy atom. The summed E-state index contributed by atoms with van der Waals surface area (Å²) in [7, 11) is 0. The minimum atomic E-state index is 0.446. The zero-order valence-corrected chi connectivity index (χ0v) is 14.6. The smallest absolute Gasteiger partial charge is 0.159 e. The number of anilines is 1. The highest BCUT2D eigenvalue weighted by atomic mass is 15.3. The highest BCUT2D eigenvalue weighted by molar-refractivity contribution is 5.54. The molecule has 3 heterocycles. The first-order valence-corrected chi connectivity index (χ1v) is 9.02. The van der Waals surface area contributed by atoms with E-state index in [0.717, 1.165) is 42.5 Å². The van der Waals surface area contributed by atoms with Crippen LogP contribution >= 0.6 is 0 Å². The number of nitrogens with one attached hydrogen (secondary N) is 1. The van der Waals surface area contributed by atoms with Gasteiger partial charge in [0.15, 0.2) is 11.6 Å². The molecule has 6 nitrogen and oxygen atoms in total. The zero-order valence-electron chi connectivity index (χ0n) is 14.6. The van der Waals surface area contributed by atoms with Crippen molar-refractivity contribution in [1.82, 2.24) is 25.5 Å². The molecular formula is C20H22N6. The highest BCUT2D eigenvalue weighted by Gasteiger charge is 2.25. The highest BCUT2D eigenvalue weighted by Crippen LogP contribution is 2.22. The fourth-order valence-electron chi connectivity index (χ4n) is 3.38. The third kappa shape index (κ3) is 3.86. The van der Waals surface area contributed by atoms with Crippen molar-refractivity contribution in [1.29, 1.82) is 0 Å². The topological polar surface area (TPSA) is 66.8 Å². The lowest BCUT2D eigenvalue weighted by Gasteiger charge is -2.25. The van der Waals surface area contributed by atoms with Gasteiger partial charge in [0.25, 0.3) is 0 Å². The van der Waals surface area contributed by atoms with Gasteiger partial charge in [-0.25, -0.2) is 9.97 Å². The summed E-state index contributed by atoms with van der Waals surface area (Å²) >= 11 is 0. The van der Waals surface area contributed by atoms with E-state index in [4.69, 9.17) is 0 Å². The zero-order chi connectivity index (χ0) is 17.6. The third-order valence-corrected chi connectivity index (χ3v) is 4.66. The molecule has 0 spiro atoms. The first kappa shape index (κ1) is 16.6. The van der Waals surface area contributed by atoms with Crippen molar-refractivity contribution in [2.75, 3.05) is 18.0 Å². The quantitative estimate of drug-likeness (QED) is 0.740. The van der Waals surface area contributed by atoms with Crippen molar-refractivity contribution in [3.8, 4) is 11.4 Å². The lowest BCUT2D eigenvalue weighted by molar-refractivity contribution is 0.565. The Morgan fingerprint density at radius 2 is 1.96 bits per heavy atom. The molecule has 1 unspecified atom stereocenters. The molecule has 4 rings (SSSR count). The van der Waals surface area contributed by atoms with Crippen molar-refractivity contribution < 1.29 is 0 Å². The molecule has 0 bridgehead atoms. The Labute approximate surface area is 153 Å². The van der Waals surface area contributed by atoms with Gasteiger partial charge in [0.1, 0.15) is 0 Å². The summed E-state index contributed by atoms with van der Waals surface area (Å²) in [5, 5.41) is 11.8. The van der Waals surface area contributed by atoms with Crippen molar-refractivity contribution in [2.45, 2.75) is 25.4 Å². The Morgan fingerprint density at radius 1 is 1.04 bits per heavy atom. The standard InChI is InChI=1S/C20H22N6/c1-2-6-16(7-3-1)20-22-12-10-17(24-20)14-21-15-18-8-5-13-26(18)19-9-4-11-23-25-19/h1-4,6-7,9-12,18,21H,5,8,13-15H2. The summed E-state index contributed by atoms with van der Waals surface area (Å²) in [5.74, 6) is 1.73. The largest absolute Gasteiger partial charge is 0.351 e. The minimum absolute atomic E-state index is 0.446. The SMILES string of the molecule is c1ccc(-c2nccc(CNCC3CCCN3c3cccnn3)n2)cc1. The predicted octanol–water partition coefficient (Wildman–Crippen LogP) is 2.69. The summed E-state index contributed by atoms with van der Waals surface area (Å²) < 4.78 is 0. The maximum Gasteiger partial charge on any atom is 0.159 e. The van der Waals surface area contributed by atoms with Crippen molar-refractivity contribution in [2.24, 2.45) is 0 Å².